The van der Waals surface area contributed by atoms with Crippen LogP contribution in [0.1, 0.15) is 32.3 Å². The molecule has 3 nitrogen and oxygen atoms in total. The van der Waals surface area contributed by atoms with E-state index in [1.807, 2.05) is 19.9 Å². The van der Waals surface area contributed by atoms with E-state index in [1.165, 1.54) is 12.1 Å². The predicted molar refractivity (Wildman–Crippen MR) is 75.5 cm³/mol. The minimum absolute atomic E-state index is 0. The van der Waals surface area contributed by atoms with Crippen LogP contribution < -0.4 is 11.1 Å². The van der Waals surface area contributed by atoms with Gasteiger partial charge in [0, 0.05) is 12.0 Å². The van der Waals surface area contributed by atoms with E-state index in [-0.39, 0.29) is 41.6 Å². The van der Waals surface area contributed by atoms with Crippen molar-refractivity contribution >= 4 is 18.3 Å². The van der Waals surface area contributed by atoms with Crippen LogP contribution in [0.15, 0.2) is 24.3 Å². The number of carbonyl (C=O) groups excluding carboxylic acids is 1. The van der Waals surface area contributed by atoms with Gasteiger partial charge in [0.25, 0.3) is 0 Å². The lowest BCUT2D eigenvalue weighted by Crippen LogP contribution is -2.43. The zero-order valence-electron chi connectivity index (χ0n) is 11.2. The molecule has 19 heavy (non-hydrogen) atoms. The first kappa shape index (κ1) is 15.9. The molecule has 5 heteroatoms. The van der Waals surface area contributed by atoms with Crippen LogP contribution in [0.25, 0.3) is 0 Å². The van der Waals surface area contributed by atoms with E-state index in [2.05, 4.69) is 5.32 Å². The highest BCUT2D eigenvalue weighted by atomic mass is 35.5. The number of hydrogen-bond acceptors (Lipinski definition) is 2. The van der Waals surface area contributed by atoms with Crippen LogP contribution in [-0.4, -0.2) is 11.9 Å². The Hall–Kier alpha value is -1.13. The molecule has 2 rings (SSSR count). The maximum Gasteiger partial charge on any atom is 0.225 e. The van der Waals surface area contributed by atoms with E-state index in [9.17, 15) is 9.18 Å². The molecule has 1 aliphatic rings. The van der Waals surface area contributed by atoms with Crippen LogP contribution in [0.3, 0.4) is 0 Å². The first-order valence-corrected chi connectivity index (χ1v) is 6.28. The Morgan fingerprint density at radius 2 is 2.05 bits per heavy atom. The zero-order chi connectivity index (χ0) is 13.3. The minimum Gasteiger partial charge on any atom is -0.346 e. The third-order valence-electron chi connectivity index (χ3n) is 3.69. The minimum atomic E-state index is -0.373. The molecular formula is C14H20ClFN2O. The molecule has 0 aromatic heterocycles. The average molecular weight is 287 g/mol. The number of nitrogens with two attached hydrogens (primary N) is 1. The molecule has 0 spiro atoms. The predicted octanol–water partition coefficient (Wildman–Crippen LogP) is 2.34. The smallest absolute Gasteiger partial charge is 0.225 e. The SMILES string of the molecule is CC(N)C(C)C(=O)NC1(c2cccc(F)c2)CC1.Cl. The maximum absolute atomic E-state index is 13.2. The lowest BCUT2D eigenvalue weighted by atomic mass is 10.00. The highest BCUT2D eigenvalue weighted by molar-refractivity contribution is 5.85. The zero-order valence-corrected chi connectivity index (χ0v) is 12.0. The van der Waals surface area contributed by atoms with E-state index < -0.39 is 0 Å². The fraction of sp³-hybridized carbons (Fsp3) is 0.500. The highest BCUT2D eigenvalue weighted by Gasteiger charge is 2.46. The lowest BCUT2D eigenvalue weighted by molar-refractivity contribution is -0.126. The van der Waals surface area contributed by atoms with Crippen molar-refractivity contribution in [2.75, 3.05) is 0 Å². The Balaban J connectivity index is 0.00000180. The monoisotopic (exact) mass is 286 g/mol. The molecule has 1 aromatic carbocycles. The van der Waals surface area contributed by atoms with Crippen molar-refractivity contribution in [2.45, 2.75) is 38.3 Å². The summed E-state index contributed by atoms with van der Waals surface area (Å²) in [6.45, 7) is 3.62. The molecule has 0 radical (unpaired) electrons. The molecule has 0 bridgehead atoms. The molecular weight excluding hydrogens is 267 g/mol. The van der Waals surface area contributed by atoms with Crippen LogP contribution in [0.4, 0.5) is 4.39 Å². The van der Waals surface area contributed by atoms with Gasteiger partial charge in [-0.05, 0) is 37.5 Å². The Bertz CT molecular complexity index is 461. The van der Waals surface area contributed by atoms with Crippen molar-refractivity contribution in [1.82, 2.24) is 5.32 Å². The van der Waals surface area contributed by atoms with Gasteiger partial charge >= 0.3 is 0 Å². The molecule has 1 aromatic rings. The summed E-state index contributed by atoms with van der Waals surface area (Å²) in [7, 11) is 0. The largest absolute Gasteiger partial charge is 0.346 e. The van der Waals surface area contributed by atoms with Gasteiger partial charge in [-0.1, -0.05) is 19.1 Å². The molecule has 1 amide bonds. The number of hydrogen-bond donors (Lipinski definition) is 2. The molecule has 2 atom stereocenters. The second-order valence-electron chi connectivity index (χ2n) is 5.23. The summed E-state index contributed by atoms with van der Waals surface area (Å²) in [4.78, 5) is 12.0. The van der Waals surface area contributed by atoms with Crippen LogP contribution >= 0.6 is 12.4 Å². The number of halogens is 2. The molecule has 3 N–H and O–H groups in total. The number of amides is 1. The summed E-state index contributed by atoms with van der Waals surface area (Å²) in [5.41, 5.74) is 6.19. The second kappa shape index (κ2) is 5.88. The third-order valence-corrected chi connectivity index (χ3v) is 3.69. The van der Waals surface area contributed by atoms with E-state index in [0.29, 0.717) is 0 Å². The van der Waals surface area contributed by atoms with E-state index >= 15 is 0 Å². The Morgan fingerprint density at radius 3 is 2.53 bits per heavy atom. The van der Waals surface area contributed by atoms with Gasteiger partial charge in [0.05, 0.1) is 5.54 Å². The van der Waals surface area contributed by atoms with Gasteiger partial charge in [0.2, 0.25) is 5.91 Å². The summed E-state index contributed by atoms with van der Waals surface area (Å²) < 4.78 is 13.2. The number of nitrogens with one attached hydrogen (secondary N) is 1. The van der Waals surface area contributed by atoms with Gasteiger partial charge in [0.15, 0.2) is 0 Å². The van der Waals surface area contributed by atoms with Crippen molar-refractivity contribution in [2.24, 2.45) is 11.7 Å². The molecule has 1 saturated carbocycles. The average Bonchev–Trinajstić information content (AvgIpc) is 3.09. The second-order valence-corrected chi connectivity index (χ2v) is 5.23. The maximum atomic E-state index is 13.2. The van der Waals surface area contributed by atoms with Gasteiger partial charge < -0.3 is 11.1 Å². The Morgan fingerprint density at radius 1 is 1.42 bits per heavy atom. The summed E-state index contributed by atoms with van der Waals surface area (Å²) in [5, 5.41) is 3.01. The molecule has 0 heterocycles. The van der Waals surface area contributed by atoms with Crippen molar-refractivity contribution in [1.29, 1.82) is 0 Å². The van der Waals surface area contributed by atoms with Gasteiger partial charge in [-0.25, -0.2) is 4.39 Å². The van der Waals surface area contributed by atoms with Crippen molar-refractivity contribution < 1.29 is 9.18 Å². The number of rotatable bonds is 4. The van der Waals surface area contributed by atoms with Gasteiger partial charge in [-0.3, -0.25) is 4.79 Å². The van der Waals surface area contributed by atoms with Crippen molar-refractivity contribution in [3.8, 4) is 0 Å². The Kier molecular flexibility index (Phi) is 4.93. The van der Waals surface area contributed by atoms with Gasteiger partial charge in [-0.15, -0.1) is 12.4 Å². The molecule has 0 aliphatic heterocycles. The summed E-state index contributed by atoms with van der Waals surface area (Å²) >= 11 is 0. The van der Waals surface area contributed by atoms with Crippen LogP contribution in [0.5, 0.6) is 0 Å². The van der Waals surface area contributed by atoms with Crippen molar-refractivity contribution in [3.63, 3.8) is 0 Å². The normalized spacial score (nSPS) is 18.9. The molecule has 0 saturated heterocycles. The van der Waals surface area contributed by atoms with E-state index in [1.54, 1.807) is 6.07 Å². The highest BCUT2D eigenvalue weighted by Crippen LogP contribution is 2.45. The standard InChI is InChI=1S/C14H19FN2O.ClH/c1-9(10(2)16)13(18)17-14(6-7-14)11-4-3-5-12(15)8-11;/h3-5,8-10H,6-7,16H2,1-2H3,(H,17,18);1H. The van der Waals surface area contributed by atoms with Crippen molar-refractivity contribution in [3.05, 3.63) is 35.6 Å². The first-order valence-electron chi connectivity index (χ1n) is 6.28. The number of carbonyl (C=O) groups is 1. The lowest BCUT2D eigenvalue weighted by Gasteiger charge is -2.22. The first-order chi connectivity index (χ1) is 8.44. The fourth-order valence-electron chi connectivity index (χ4n) is 1.99. The summed E-state index contributed by atoms with van der Waals surface area (Å²) in [5.74, 6) is -0.573. The van der Waals surface area contributed by atoms with Crippen LogP contribution in [0.2, 0.25) is 0 Å². The third kappa shape index (κ3) is 3.45. The molecule has 106 valence electrons. The molecule has 1 aliphatic carbocycles. The van der Waals surface area contributed by atoms with Gasteiger partial charge in [-0.2, -0.15) is 0 Å². The summed E-state index contributed by atoms with van der Waals surface area (Å²) in [6, 6.07) is 6.24. The summed E-state index contributed by atoms with van der Waals surface area (Å²) in [6.07, 6.45) is 1.71. The van der Waals surface area contributed by atoms with Gasteiger partial charge in [0.1, 0.15) is 5.82 Å². The fourth-order valence-corrected chi connectivity index (χ4v) is 1.99. The number of benzene rings is 1. The van der Waals surface area contributed by atoms with E-state index in [4.69, 9.17) is 5.73 Å². The Labute approximate surface area is 119 Å². The molecule has 2 unspecified atom stereocenters. The molecule has 1 fully saturated rings. The quantitative estimate of drug-likeness (QED) is 0.893. The van der Waals surface area contributed by atoms with Crippen LogP contribution in [-0.2, 0) is 10.3 Å². The van der Waals surface area contributed by atoms with E-state index in [0.717, 1.165) is 18.4 Å². The van der Waals surface area contributed by atoms with Crippen LogP contribution in [0, 0.1) is 11.7 Å². The topological polar surface area (TPSA) is 55.1 Å².